The maximum absolute atomic E-state index is 14.2. The molecule has 0 radical (unpaired) electrons. The van der Waals surface area contributed by atoms with Crippen molar-refractivity contribution in [2.45, 2.75) is 11.8 Å². The van der Waals surface area contributed by atoms with Crippen molar-refractivity contribution in [1.29, 1.82) is 0 Å². The molecule has 0 amide bonds. The Bertz CT molecular complexity index is 1060. The monoisotopic (exact) mass is 494 g/mol. The third kappa shape index (κ3) is 5.40. The van der Waals surface area contributed by atoms with Crippen LogP contribution in [0.1, 0.15) is 6.92 Å². The standard InChI is InChI=1S/C22H31FN6O4S/c1-2-33-20-4-3-18(17-19(20)23)34(31,32)29-13-11-28(12-14-29)22-6-5-21(24-25-22)27-9-7-26(8-10-27)15-16-30/h3-6,17,30H,2,7-16H2,1H3. The summed E-state index contributed by atoms with van der Waals surface area (Å²) >= 11 is 0. The predicted molar refractivity (Wildman–Crippen MR) is 126 cm³/mol. The van der Waals surface area contributed by atoms with Gasteiger partial charge in [-0.3, -0.25) is 4.90 Å². The molecule has 2 aliphatic rings. The third-order valence-electron chi connectivity index (χ3n) is 6.15. The number of aliphatic hydroxyl groups excluding tert-OH is 1. The number of ether oxygens (including phenoxy) is 1. The molecule has 1 aromatic carbocycles. The van der Waals surface area contributed by atoms with Crippen molar-refractivity contribution in [3.05, 3.63) is 36.1 Å². The van der Waals surface area contributed by atoms with Crippen LogP contribution in [0.15, 0.2) is 35.2 Å². The van der Waals surface area contributed by atoms with Gasteiger partial charge in [-0.1, -0.05) is 0 Å². The van der Waals surface area contributed by atoms with Crippen molar-refractivity contribution in [2.24, 2.45) is 0 Å². The lowest BCUT2D eigenvalue weighted by atomic mass is 10.3. The van der Waals surface area contributed by atoms with Crippen LogP contribution in [0.25, 0.3) is 0 Å². The highest BCUT2D eigenvalue weighted by molar-refractivity contribution is 7.89. The van der Waals surface area contributed by atoms with Crippen LogP contribution < -0.4 is 14.5 Å². The maximum atomic E-state index is 14.2. The number of rotatable bonds is 8. The van der Waals surface area contributed by atoms with Gasteiger partial charge in [0.1, 0.15) is 0 Å². The number of nitrogens with zero attached hydrogens (tertiary/aromatic N) is 6. The second-order valence-electron chi connectivity index (χ2n) is 8.22. The number of anilines is 2. The van der Waals surface area contributed by atoms with E-state index in [-0.39, 0.29) is 30.3 Å². The zero-order valence-corrected chi connectivity index (χ0v) is 20.1. The molecule has 2 aromatic rings. The molecule has 0 saturated carbocycles. The summed E-state index contributed by atoms with van der Waals surface area (Å²) in [5.41, 5.74) is 0. The van der Waals surface area contributed by atoms with Crippen molar-refractivity contribution in [1.82, 2.24) is 19.4 Å². The Morgan fingerprint density at radius 3 is 2.03 bits per heavy atom. The van der Waals surface area contributed by atoms with Crippen LogP contribution in [0.4, 0.5) is 16.0 Å². The fraction of sp³-hybridized carbons (Fsp3) is 0.545. The Hall–Kier alpha value is -2.54. The number of halogens is 1. The van der Waals surface area contributed by atoms with E-state index in [1.807, 2.05) is 17.0 Å². The van der Waals surface area contributed by atoms with Crippen molar-refractivity contribution in [3.63, 3.8) is 0 Å². The molecule has 10 nitrogen and oxygen atoms in total. The van der Waals surface area contributed by atoms with E-state index in [2.05, 4.69) is 20.0 Å². The number of β-amino-alcohol motifs (C(OH)–C–C–N with tert-alkyl or cyclic N) is 1. The molecule has 12 heteroatoms. The Balaban J connectivity index is 1.34. The smallest absolute Gasteiger partial charge is 0.243 e. The Labute approximate surface area is 199 Å². The van der Waals surface area contributed by atoms with Gasteiger partial charge in [-0.15, -0.1) is 10.2 Å². The van der Waals surface area contributed by atoms with E-state index in [9.17, 15) is 12.8 Å². The first-order valence-electron chi connectivity index (χ1n) is 11.5. The second kappa shape index (κ2) is 10.8. The summed E-state index contributed by atoms with van der Waals surface area (Å²) in [5.74, 6) is 0.866. The molecule has 0 unspecified atom stereocenters. The van der Waals surface area contributed by atoms with Gasteiger partial charge in [-0.05, 0) is 37.3 Å². The number of hydrogen-bond acceptors (Lipinski definition) is 9. The molecule has 34 heavy (non-hydrogen) atoms. The number of aliphatic hydroxyl groups is 1. The zero-order valence-electron chi connectivity index (χ0n) is 19.3. The normalized spacial score (nSPS) is 18.3. The summed E-state index contributed by atoms with van der Waals surface area (Å²) in [6.07, 6.45) is 0. The summed E-state index contributed by atoms with van der Waals surface area (Å²) in [5, 5.41) is 17.8. The summed E-state index contributed by atoms with van der Waals surface area (Å²) in [4.78, 5) is 6.31. The van der Waals surface area contributed by atoms with E-state index in [1.54, 1.807) is 6.92 Å². The summed E-state index contributed by atoms with van der Waals surface area (Å²) in [6.45, 7) is 7.78. The van der Waals surface area contributed by atoms with Crippen molar-refractivity contribution < 1.29 is 22.7 Å². The Morgan fingerprint density at radius 2 is 1.53 bits per heavy atom. The van der Waals surface area contributed by atoms with Crippen molar-refractivity contribution in [3.8, 4) is 5.75 Å². The van der Waals surface area contributed by atoms with Crippen LogP contribution in [-0.4, -0.2) is 105 Å². The van der Waals surface area contributed by atoms with E-state index in [1.165, 1.54) is 16.4 Å². The molecule has 0 spiro atoms. The lowest BCUT2D eigenvalue weighted by molar-refractivity contribution is 0.188. The summed E-state index contributed by atoms with van der Waals surface area (Å²) in [7, 11) is -3.80. The molecule has 0 aliphatic carbocycles. The molecule has 2 saturated heterocycles. The minimum absolute atomic E-state index is 0.0420. The van der Waals surface area contributed by atoms with E-state index in [0.29, 0.717) is 32.1 Å². The predicted octanol–water partition coefficient (Wildman–Crippen LogP) is 0.640. The minimum Gasteiger partial charge on any atom is -0.491 e. The average molecular weight is 495 g/mol. The highest BCUT2D eigenvalue weighted by atomic mass is 32.2. The van der Waals surface area contributed by atoms with E-state index in [0.717, 1.165) is 38.1 Å². The fourth-order valence-electron chi connectivity index (χ4n) is 4.22. The van der Waals surface area contributed by atoms with Crippen LogP contribution >= 0.6 is 0 Å². The van der Waals surface area contributed by atoms with Crippen LogP contribution in [0.3, 0.4) is 0 Å². The molecule has 0 bridgehead atoms. The van der Waals surface area contributed by atoms with Gasteiger partial charge in [0.15, 0.2) is 23.2 Å². The molecule has 2 aliphatic heterocycles. The first-order valence-corrected chi connectivity index (χ1v) is 13.0. The van der Waals surface area contributed by atoms with Gasteiger partial charge in [-0.25, -0.2) is 12.8 Å². The average Bonchev–Trinajstić information content (AvgIpc) is 2.86. The summed E-state index contributed by atoms with van der Waals surface area (Å²) < 4.78 is 46.7. The zero-order chi connectivity index (χ0) is 24.1. The van der Waals surface area contributed by atoms with Gasteiger partial charge in [0, 0.05) is 58.9 Å². The van der Waals surface area contributed by atoms with Crippen molar-refractivity contribution in [2.75, 3.05) is 81.9 Å². The van der Waals surface area contributed by atoms with Gasteiger partial charge in [0.05, 0.1) is 18.1 Å². The van der Waals surface area contributed by atoms with Crippen molar-refractivity contribution >= 4 is 21.7 Å². The molecule has 186 valence electrons. The number of piperazine rings is 2. The number of aromatic nitrogens is 2. The number of benzene rings is 1. The molecular formula is C22H31FN6O4S. The molecule has 1 aromatic heterocycles. The van der Waals surface area contributed by atoms with E-state index < -0.39 is 15.8 Å². The molecule has 0 atom stereocenters. The quantitative estimate of drug-likeness (QED) is 0.566. The molecule has 4 rings (SSSR count). The minimum atomic E-state index is -3.80. The first-order chi connectivity index (χ1) is 16.4. The van der Waals surface area contributed by atoms with Gasteiger partial charge in [-0.2, -0.15) is 4.31 Å². The third-order valence-corrected chi connectivity index (χ3v) is 8.05. The topological polar surface area (TPSA) is 102 Å². The fourth-order valence-corrected chi connectivity index (χ4v) is 5.65. The summed E-state index contributed by atoms with van der Waals surface area (Å²) in [6, 6.07) is 7.60. The Kier molecular flexibility index (Phi) is 7.81. The molecule has 2 fully saturated rings. The van der Waals surface area contributed by atoms with Gasteiger partial charge >= 0.3 is 0 Å². The van der Waals surface area contributed by atoms with Crippen LogP contribution in [0.2, 0.25) is 0 Å². The van der Waals surface area contributed by atoms with Crippen LogP contribution in [0.5, 0.6) is 5.75 Å². The molecule has 3 heterocycles. The highest BCUT2D eigenvalue weighted by Crippen LogP contribution is 2.25. The maximum Gasteiger partial charge on any atom is 0.243 e. The SMILES string of the molecule is CCOc1ccc(S(=O)(=O)N2CCN(c3ccc(N4CCN(CCO)CC4)nn3)CC2)cc1F. The largest absolute Gasteiger partial charge is 0.491 e. The second-order valence-corrected chi connectivity index (χ2v) is 10.2. The highest BCUT2D eigenvalue weighted by Gasteiger charge is 2.30. The van der Waals surface area contributed by atoms with Crippen LogP contribution in [-0.2, 0) is 10.0 Å². The number of hydrogen-bond donors (Lipinski definition) is 1. The lowest BCUT2D eigenvalue weighted by Crippen LogP contribution is -2.49. The lowest BCUT2D eigenvalue weighted by Gasteiger charge is -2.36. The van der Waals surface area contributed by atoms with E-state index in [4.69, 9.17) is 9.84 Å². The Morgan fingerprint density at radius 1 is 0.941 bits per heavy atom. The molecular weight excluding hydrogens is 463 g/mol. The van der Waals surface area contributed by atoms with E-state index >= 15 is 0 Å². The molecule has 1 N–H and O–H groups in total. The van der Waals surface area contributed by atoms with Gasteiger partial charge < -0.3 is 19.6 Å². The van der Waals surface area contributed by atoms with Crippen LogP contribution in [0, 0.1) is 5.82 Å². The van der Waals surface area contributed by atoms with Gasteiger partial charge in [0.25, 0.3) is 0 Å². The first kappa shape index (κ1) is 24.6. The van der Waals surface area contributed by atoms with Gasteiger partial charge in [0.2, 0.25) is 10.0 Å². The number of sulfonamides is 1.